The second-order valence-corrected chi connectivity index (χ2v) is 2.65. The summed E-state index contributed by atoms with van der Waals surface area (Å²) < 4.78 is 29.2. The Bertz CT molecular complexity index is 436. The number of aromatic nitrogens is 1. The molecule has 0 atom stereocenters. The first-order chi connectivity index (χ1) is 7.47. The van der Waals surface area contributed by atoms with Crippen molar-refractivity contribution in [2.24, 2.45) is 0 Å². The molecule has 1 rings (SSSR count). The second-order valence-electron chi connectivity index (χ2n) is 2.65. The predicted octanol–water partition coefficient (Wildman–Crippen LogP) is 1.71. The summed E-state index contributed by atoms with van der Waals surface area (Å²) in [5.74, 6) is -1.76. The van der Waals surface area contributed by atoms with E-state index in [4.69, 9.17) is 0 Å². The van der Waals surface area contributed by atoms with Gasteiger partial charge in [0.25, 0.3) is 0 Å². The van der Waals surface area contributed by atoms with E-state index in [1.165, 1.54) is 0 Å². The smallest absolute Gasteiger partial charge is 0.363 e. The highest BCUT2D eigenvalue weighted by atomic mass is 19.3. The molecule has 6 nitrogen and oxygen atoms in total. The average Bonchev–Trinajstić information content (AvgIpc) is 2.26. The van der Waals surface area contributed by atoms with Crippen LogP contribution >= 0.6 is 0 Å². The predicted molar refractivity (Wildman–Crippen MR) is 47.2 cm³/mol. The monoisotopic (exact) mass is 232 g/mol. The molecule has 8 heteroatoms. The van der Waals surface area contributed by atoms with Crippen molar-refractivity contribution >= 4 is 11.8 Å². The fourth-order valence-electron chi connectivity index (χ4n) is 1.01. The number of pyridine rings is 1. The molecule has 0 bridgehead atoms. The van der Waals surface area contributed by atoms with Gasteiger partial charge in [-0.1, -0.05) is 0 Å². The minimum Gasteiger partial charge on any atom is -0.465 e. The third-order valence-electron chi connectivity index (χ3n) is 1.71. The Morgan fingerprint density at radius 2 is 2.19 bits per heavy atom. The molecule has 0 radical (unpaired) electrons. The van der Waals surface area contributed by atoms with Crippen LogP contribution < -0.4 is 0 Å². The summed E-state index contributed by atoms with van der Waals surface area (Å²) in [7, 11) is 1.01. The number of carbonyl (C=O) groups is 1. The molecule has 0 aromatic carbocycles. The van der Waals surface area contributed by atoms with E-state index in [1.807, 2.05) is 0 Å². The van der Waals surface area contributed by atoms with Gasteiger partial charge < -0.3 is 14.9 Å². The van der Waals surface area contributed by atoms with Gasteiger partial charge in [-0.2, -0.15) is 0 Å². The second kappa shape index (κ2) is 4.60. The number of carbonyl (C=O) groups excluding carboxylic acids is 1. The molecule has 1 aromatic rings. The Balaban J connectivity index is 3.30. The maximum absolute atomic E-state index is 12.5. The van der Waals surface area contributed by atoms with Crippen molar-refractivity contribution in [3.8, 4) is 0 Å². The van der Waals surface area contributed by atoms with E-state index in [1.54, 1.807) is 0 Å². The summed E-state index contributed by atoms with van der Waals surface area (Å²) in [4.78, 5) is 23.5. The van der Waals surface area contributed by atoms with Gasteiger partial charge in [-0.15, -0.1) is 0 Å². The molecule has 16 heavy (non-hydrogen) atoms. The lowest BCUT2D eigenvalue weighted by molar-refractivity contribution is -0.389. The molecule has 0 unspecified atom stereocenters. The SMILES string of the molecule is COC(=O)c1ccc([N+](=O)[O-])nc1C(F)F. The summed E-state index contributed by atoms with van der Waals surface area (Å²) in [6.45, 7) is 0. The number of hydrogen-bond donors (Lipinski definition) is 0. The molecule has 1 heterocycles. The van der Waals surface area contributed by atoms with E-state index in [9.17, 15) is 23.7 Å². The standard InChI is InChI=1S/C8H6F2N2O4/c1-16-8(13)4-2-3-5(12(14)15)11-6(4)7(9)10/h2-3,7H,1H3. The van der Waals surface area contributed by atoms with Crippen LogP contribution in [0, 0.1) is 10.1 Å². The van der Waals surface area contributed by atoms with Gasteiger partial charge in [-0.25, -0.2) is 13.6 Å². The number of nitro groups is 1. The number of ether oxygens (including phenoxy) is 1. The highest BCUT2D eigenvalue weighted by Crippen LogP contribution is 2.24. The highest BCUT2D eigenvalue weighted by Gasteiger charge is 2.27. The Morgan fingerprint density at radius 3 is 2.62 bits per heavy atom. The molecule has 0 aliphatic rings. The van der Waals surface area contributed by atoms with Gasteiger partial charge in [0.1, 0.15) is 5.56 Å². The van der Waals surface area contributed by atoms with Gasteiger partial charge in [0, 0.05) is 6.07 Å². The van der Waals surface area contributed by atoms with Crippen molar-refractivity contribution < 1.29 is 23.2 Å². The van der Waals surface area contributed by atoms with Crippen molar-refractivity contribution in [1.82, 2.24) is 4.98 Å². The zero-order valence-electron chi connectivity index (χ0n) is 8.02. The van der Waals surface area contributed by atoms with E-state index in [0.717, 1.165) is 19.2 Å². The van der Waals surface area contributed by atoms with Gasteiger partial charge in [0.2, 0.25) is 5.69 Å². The van der Waals surface area contributed by atoms with Crippen LogP contribution in [-0.2, 0) is 4.74 Å². The highest BCUT2D eigenvalue weighted by molar-refractivity contribution is 5.90. The Hall–Kier alpha value is -2.12. The number of halogens is 2. The van der Waals surface area contributed by atoms with Gasteiger partial charge in [0.15, 0.2) is 0 Å². The normalized spacial score (nSPS) is 10.2. The van der Waals surface area contributed by atoms with Crippen molar-refractivity contribution in [2.75, 3.05) is 7.11 Å². The van der Waals surface area contributed by atoms with E-state index >= 15 is 0 Å². The number of hydrogen-bond acceptors (Lipinski definition) is 5. The van der Waals surface area contributed by atoms with Gasteiger partial charge in [0.05, 0.1) is 7.11 Å². The molecular formula is C8H6F2N2O4. The maximum Gasteiger partial charge on any atom is 0.363 e. The van der Waals surface area contributed by atoms with Crippen LogP contribution in [-0.4, -0.2) is 23.0 Å². The summed E-state index contributed by atoms with van der Waals surface area (Å²) in [5, 5.41) is 10.3. The first-order valence-corrected chi connectivity index (χ1v) is 3.99. The molecule has 0 amide bonds. The number of nitrogens with zero attached hydrogens (tertiary/aromatic N) is 2. The van der Waals surface area contributed by atoms with Crippen LogP contribution in [0.4, 0.5) is 14.6 Å². The van der Waals surface area contributed by atoms with E-state index in [0.29, 0.717) is 0 Å². The summed E-state index contributed by atoms with van der Waals surface area (Å²) in [5.41, 5.74) is -1.44. The van der Waals surface area contributed by atoms with Crippen LogP contribution in [0.5, 0.6) is 0 Å². The minimum atomic E-state index is -3.09. The largest absolute Gasteiger partial charge is 0.465 e. The molecule has 1 aromatic heterocycles. The fraction of sp³-hybridized carbons (Fsp3) is 0.250. The van der Waals surface area contributed by atoms with Crippen molar-refractivity contribution in [3.05, 3.63) is 33.5 Å². The van der Waals surface area contributed by atoms with Crippen molar-refractivity contribution in [2.45, 2.75) is 6.43 Å². The Kier molecular flexibility index (Phi) is 3.44. The average molecular weight is 232 g/mol. The van der Waals surface area contributed by atoms with Crippen LogP contribution in [0.15, 0.2) is 12.1 Å². The van der Waals surface area contributed by atoms with Crippen molar-refractivity contribution in [3.63, 3.8) is 0 Å². The number of rotatable bonds is 3. The lowest BCUT2D eigenvalue weighted by Crippen LogP contribution is -2.09. The lowest BCUT2D eigenvalue weighted by Gasteiger charge is -2.02. The topological polar surface area (TPSA) is 82.3 Å². The fourth-order valence-corrected chi connectivity index (χ4v) is 1.01. The molecule has 0 spiro atoms. The summed E-state index contributed by atoms with van der Waals surface area (Å²) in [6.07, 6.45) is -3.09. The molecule has 0 saturated carbocycles. The quantitative estimate of drug-likeness (QED) is 0.450. The molecule has 0 N–H and O–H groups in total. The van der Waals surface area contributed by atoms with Gasteiger partial charge in [-0.3, -0.25) is 0 Å². The first-order valence-electron chi connectivity index (χ1n) is 3.99. The van der Waals surface area contributed by atoms with E-state index < -0.39 is 34.4 Å². The summed E-state index contributed by atoms with van der Waals surface area (Å²) >= 11 is 0. The maximum atomic E-state index is 12.5. The zero-order chi connectivity index (χ0) is 12.3. The number of esters is 1. The first kappa shape index (κ1) is 12.0. The van der Waals surface area contributed by atoms with Crippen LogP contribution in [0.25, 0.3) is 0 Å². The number of alkyl halides is 2. The van der Waals surface area contributed by atoms with E-state index in [2.05, 4.69) is 9.72 Å². The zero-order valence-corrected chi connectivity index (χ0v) is 8.02. The van der Waals surface area contributed by atoms with Gasteiger partial charge in [-0.05, 0) is 16.0 Å². The van der Waals surface area contributed by atoms with Crippen LogP contribution in [0.2, 0.25) is 0 Å². The van der Waals surface area contributed by atoms with Crippen molar-refractivity contribution in [1.29, 1.82) is 0 Å². The van der Waals surface area contributed by atoms with Crippen LogP contribution in [0.3, 0.4) is 0 Å². The molecule has 0 fully saturated rings. The van der Waals surface area contributed by atoms with Gasteiger partial charge >= 0.3 is 18.2 Å². The summed E-state index contributed by atoms with van der Waals surface area (Å²) in [6, 6.07) is 1.75. The third-order valence-corrected chi connectivity index (χ3v) is 1.71. The minimum absolute atomic E-state index is 0.483. The molecular weight excluding hydrogens is 226 g/mol. The Morgan fingerprint density at radius 1 is 1.56 bits per heavy atom. The Labute approximate surface area is 88.0 Å². The molecule has 0 saturated heterocycles. The molecule has 86 valence electrons. The third kappa shape index (κ3) is 2.27. The molecule has 0 aliphatic carbocycles. The number of methoxy groups -OCH3 is 1. The lowest BCUT2D eigenvalue weighted by atomic mass is 10.2. The van der Waals surface area contributed by atoms with E-state index in [-0.39, 0.29) is 0 Å². The molecule has 0 aliphatic heterocycles. The van der Waals surface area contributed by atoms with Crippen LogP contribution in [0.1, 0.15) is 22.5 Å².